The molecule has 5 rings (SSSR count). The van der Waals surface area contributed by atoms with Crippen LogP contribution in [0.1, 0.15) is 22.4 Å². The number of H-pyrrole nitrogens is 1. The summed E-state index contributed by atoms with van der Waals surface area (Å²) in [7, 11) is 1.24. The molecule has 2 aliphatic rings. The van der Waals surface area contributed by atoms with Crippen molar-refractivity contribution >= 4 is 29.2 Å². The van der Waals surface area contributed by atoms with Crippen molar-refractivity contribution in [1.82, 2.24) is 10.2 Å². The summed E-state index contributed by atoms with van der Waals surface area (Å²) in [5.74, 6) is -1.15. The normalized spacial score (nSPS) is 19.1. The van der Waals surface area contributed by atoms with Crippen molar-refractivity contribution in [3.8, 4) is 5.88 Å². The van der Waals surface area contributed by atoms with Crippen LogP contribution in [0.25, 0.3) is 0 Å². The summed E-state index contributed by atoms with van der Waals surface area (Å²) in [6.07, 6.45) is 0. The molecule has 3 heterocycles. The largest absolute Gasteiger partial charge is 0.465 e. The number of carbonyl (C=O) groups is 2. The van der Waals surface area contributed by atoms with Crippen LogP contribution in [0.5, 0.6) is 5.88 Å². The maximum absolute atomic E-state index is 14.3. The number of methoxy groups -OCH3 is 1. The minimum Gasteiger partial charge on any atom is -0.465 e. The van der Waals surface area contributed by atoms with Crippen molar-refractivity contribution in [3.63, 3.8) is 0 Å². The van der Waals surface area contributed by atoms with Gasteiger partial charge in [-0.1, -0.05) is 41.9 Å². The molecule has 3 aromatic rings. The van der Waals surface area contributed by atoms with Gasteiger partial charge in [0.05, 0.1) is 19.2 Å². The fraction of sp³-hybridized carbons (Fsp3) is 0.174. The first-order valence-corrected chi connectivity index (χ1v) is 10.2. The lowest BCUT2D eigenvalue weighted by atomic mass is 9.68. The molecule has 0 saturated heterocycles. The molecular formula is C23H19ClN4O4. The number of aromatic amines is 1. The van der Waals surface area contributed by atoms with Crippen LogP contribution in [0.4, 0.5) is 5.69 Å². The van der Waals surface area contributed by atoms with Gasteiger partial charge < -0.3 is 20.1 Å². The highest BCUT2D eigenvalue weighted by Crippen LogP contribution is 2.56. The molecular weight excluding hydrogens is 432 g/mol. The molecule has 162 valence electrons. The molecule has 32 heavy (non-hydrogen) atoms. The zero-order valence-corrected chi connectivity index (χ0v) is 18.1. The van der Waals surface area contributed by atoms with Gasteiger partial charge in [0.2, 0.25) is 17.7 Å². The Morgan fingerprint density at radius 1 is 1.25 bits per heavy atom. The van der Waals surface area contributed by atoms with Gasteiger partial charge in [0.1, 0.15) is 11.0 Å². The number of amides is 1. The lowest BCUT2D eigenvalue weighted by Gasteiger charge is -2.34. The van der Waals surface area contributed by atoms with Crippen LogP contribution in [0.15, 0.2) is 60.0 Å². The van der Waals surface area contributed by atoms with E-state index in [4.69, 9.17) is 26.8 Å². The highest BCUT2D eigenvalue weighted by molar-refractivity contribution is 6.30. The van der Waals surface area contributed by atoms with Gasteiger partial charge in [-0.25, -0.2) is 4.79 Å². The molecule has 1 spiro atoms. The number of nitrogens with two attached hydrogens (primary N) is 1. The first-order chi connectivity index (χ1) is 15.4. The van der Waals surface area contributed by atoms with E-state index in [1.807, 2.05) is 36.4 Å². The van der Waals surface area contributed by atoms with E-state index in [1.54, 1.807) is 24.0 Å². The average molecular weight is 451 g/mol. The molecule has 2 aromatic carbocycles. The smallest absolute Gasteiger partial charge is 0.340 e. The Kier molecular flexibility index (Phi) is 4.49. The summed E-state index contributed by atoms with van der Waals surface area (Å²) in [4.78, 5) is 28.9. The number of anilines is 1. The average Bonchev–Trinajstić information content (AvgIpc) is 3.27. The second-order valence-corrected chi connectivity index (χ2v) is 8.08. The molecule has 2 aliphatic heterocycles. The molecule has 1 atom stereocenters. The van der Waals surface area contributed by atoms with E-state index in [1.165, 1.54) is 7.11 Å². The Labute approximate surface area is 188 Å². The van der Waals surface area contributed by atoms with Crippen LogP contribution in [0.2, 0.25) is 5.02 Å². The van der Waals surface area contributed by atoms with Crippen LogP contribution >= 0.6 is 11.6 Å². The summed E-state index contributed by atoms with van der Waals surface area (Å²) < 4.78 is 10.7. The molecule has 1 amide bonds. The molecule has 0 radical (unpaired) electrons. The predicted molar refractivity (Wildman–Crippen MR) is 117 cm³/mol. The third-order valence-corrected chi connectivity index (χ3v) is 6.18. The molecule has 0 unspecified atom stereocenters. The number of ether oxygens (including phenoxy) is 2. The van der Waals surface area contributed by atoms with E-state index in [0.29, 0.717) is 27.5 Å². The monoisotopic (exact) mass is 450 g/mol. The second kappa shape index (κ2) is 7.13. The number of halogens is 1. The second-order valence-electron chi connectivity index (χ2n) is 7.65. The zero-order valence-electron chi connectivity index (χ0n) is 17.3. The van der Waals surface area contributed by atoms with Crippen LogP contribution < -0.4 is 15.4 Å². The number of aryl methyl sites for hydroxylation is 1. The minimum absolute atomic E-state index is 0.0620. The third-order valence-electron chi connectivity index (χ3n) is 5.93. The van der Waals surface area contributed by atoms with Crippen LogP contribution in [-0.2, 0) is 26.3 Å². The van der Waals surface area contributed by atoms with Gasteiger partial charge in [-0.3, -0.25) is 9.89 Å². The predicted octanol–water partition coefficient (Wildman–Crippen LogP) is 2.94. The van der Waals surface area contributed by atoms with Crippen molar-refractivity contribution in [1.29, 1.82) is 0 Å². The Morgan fingerprint density at radius 2 is 1.97 bits per heavy atom. The van der Waals surface area contributed by atoms with E-state index >= 15 is 0 Å². The minimum atomic E-state index is -1.55. The Hall–Kier alpha value is -3.78. The van der Waals surface area contributed by atoms with Gasteiger partial charge in [0.25, 0.3) is 0 Å². The molecule has 0 bridgehead atoms. The maximum Gasteiger partial charge on any atom is 0.340 e. The summed E-state index contributed by atoms with van der Waals surface area (Å²) in [6, 6.07) is 14.6. The fourth-order valence-corrected chi connectivity index (χ4v) is 4.73. The van der Waals surface area contributed by atoms with Crippen LogP contribution in [0.3, 0.4) is 0 Å². The number of benzene rings is 2. The lowest BCUT2D eigenvalue weighted by Crippen LogP contribution is -2.48. The summed E-state index contributed by atoms with van der Waals surface area (Å²) >= 11 is 6.03. The number of rotatable bonds is 3. The number of para-hydroxylation sites is 1. The Balaban J connectivity index is 1.79. The SMILES string of the molecule is COC(=O)C1=C(N)Oc2n[nH]c(C)c2[C@]12C(=O)N(Cc1ccc(Cl)cc1)c1ccccc12. The van der Waals surface area contributed by atoms with Gasteiger partial charge in [0.15, 0.2) is 0 Å². The summed E-state index contributed by atoms with van der Waals surface area (Å²) in [6.45, 7) is 2.04. The summed E-state index contributed by atoms with van der Waals surface area (Å²) in [5, 5.41) is 7.63. The van der Waals surface area contributed by atoms with E-state index in [0.717, 1.165) is 5.56 Å². The molecule has 0 aliphatic carbocycles. The Morgan fingerprint density at radius 3 is 2.69 bits per heavy atom. The zero-order chi connectivity index (χ0) is 22.6. The van der Waals surface area contributed by atoms with Gasteiger partial charge in [-0.2, -0.15) is 0 Å². The standard InChI is InChI=1S/C23H19ClN4O4/c1-12-17-20(27-26-12)32-19(25)18(21(29)31-2)23(17)15-5-3-4-6-16(15)28(22(23)30)11-13-7-9-14(24)10-8-13/h3-10H,11,25H2,1-2H3,(H,26,27)/t23-/m0/s1. The Bertz CT molecular complexity index is 1300. The van der Waals surface area contributed by atoms with Crippen molar-refractivity contribution < 1.29 is 19.1 Å². The van der Waals surface area contributed by atoms with E-state index < -0.39 is 11.4 Å². The third kappa shape index (κ3) is 2.59. The molecule has 1 aromatic heterocycles. The number of hydrogen-bond acceptors (Lipinski definition) is 6. The number of aromatic nitrogens is 2. The summed E-state index contributed by atoms with van der Waals surface area (Å²) in [5.41, 5.74) is 7.76. The van der Waals surface area contributed by atoms with Crippen molar-refractivity contribution in [2.75, 3.05) is 12.0 Å². The number of carbonyl (C=O) groups excluding carboxylic acids is 2. The quantitative estimate of drug-likeness (QED) is 0.593. The van der Waals surface area contributed by atoms with Gasteiger partial charge in [0, 0.05) is 22.0 Å². The van der Waals surface area contributed by atoms with E-state index in [9.17, 15) is 9.59 Å². The van der Waals surface area contributed by atoms with Gasteiger partial charge in [-0.15, -0.1) is 5.10 Å². The van der Waals surface area contributed by atoms with Gasteiger partial charge in [-0.05, 0) is 30.7 Å². The molecule has 0 fully saturated rings. The molecule has 9 heteroatoms. The molecule has 3 N–H and O–H groups in total. The fourth-order valence-electron chi connectivity index (χ4n) is 4.61. The topological polar surface area (TPSA) is 111 Å². The number of nitrogens with one attached hydrogen (secondary N) is 1. The number of fused-ring (bicyclic) bond motifs is 4. The number of esters is 1. The lowest BCUT2D eigenvalue weighted by molar-refractivity contribution is -0.138. The van der Waals surface area contributed by atoms with Crippen molar-refractivity contribution in [3.05, 3.63) is 87.4 Å². The maximum atomic E-state index is 14.3. The first-order valence-electron chi connectivity index (χ1n) is 9.87. The highest BCUT2D eigenvalue weighted by atomic mass is 35.5. The van der Waals surface area contributed by atoms with Crippen molar-refractivity contribution in [2.45, 2.75) is 18.9 Å². The van der Waals surface area contributed by atoms with Crippen LogP contribution in [-0.4, -0.2) is 29.2 Å². The highest BCUT2D eigenvalue weighted by Gasteiger charge is 2.62. The van der Waals surface area contributed by atoms with Gasteiger partial charge >= 0.3 is 5.97 Å². The van der Waals surface area contributed by atoms with Crippen molar-refractivity contribution in [2.24, 2.45) is 5.73 Å². The van der Waals surface area contributed by atoms with Crippen LogP contribution in [0, 0.1) is 6.92 Å². The molecule has 8 nitrogen and oxygen atoms in total. The van der Waals surface area contributed by atoms with E-state index in [-0.39, 0.29) is 29.8 Å². The number of hydrogen-bond donors (Lipinski definition) is 2. The molecule has 0 saturated carbocycles. The van der Waals surface area contributed by atoms with E-state index in [2.05, 4.69) is 10.2 Å². The first kappa shape index (κ1) is 20.1. The number of nitrogens with zero attached hydrogens (tertiary/aromatic N) is 2.